The average Bonchev–Trinajstić information content (AvgIpc) is 2.72. The van der Waals surface area contributed by atoms with E-state index in [0.29, 0.717) is 11.5 Å². The predicted molar refractivity (Wildman–Crippen MR) is 116 cm³/mol. The third-order valence-electron chi connectivity index (χ3n) is 4.31. The van der Waals surface area contributed by atoms with Crippen molar-refractivity contribution in [2.75, 3.05) is 14.2 Å². The van der Waals surface area contributed by atoms with Gasteiger partial charge in [-0.2, -0.15) is 0 Å². The standard InChI is InChI=1S/C24H23NO4/c1-16-12-19(8-4-17-6-10-21(26)23(14-17)28-2)25-20(13-16)9-5-18-7-11-22(27)24(15-18)29-3/h4-15,26-27H,1-3H3/b8-4+,9-5+. The van der Waals surface area contributed by atoms with Crippen molar-refractivity contribution in [3.63, 3.8) is 0 Å². The molecule has 0 saturated heterocycles. The Bertz CT molecular complexity index is 989. The van der Waals surface area contributed by atoms with E-state index >= 15 is 0 Å². The van der Waals surface area contributed by atoms with Crippen LogP contribution in [0.1, 0.15) is 28.1 Å². The first-order valence-electron chi connectivity index (χ1n) is 9.07. The summed E-state index contributed by atoms with van der Waals surface area (Å²) >= 11 is 0. The van der Waals surface area contributed by atoms with Crippen LogP contribution in [0.15, 0.2) is 48.5 Å². The minimum atomic E-state index is 0.108. The van der Waals surface area contributed by atoms with Crippen LogP contribution in [-0.4, -0.2) is 29.4 Å². The Morgan fingerprint density at radius 2 is 1.14 bits per heavy atom. The molecular formula is C24H23NO4. The minimum absolute atomic E-state index is 0.108. The van der Waals surface area contributed by atoms with Gasteiger partial charge in [-0.1, -0.05) is 24.3 Å². The first-order chi connectivity index (χ1) is 14.0. The van der Waals surface area contributed by atoms with Crippen molar-refractivity contribution in [2.45, 2.75) is 6.92 Å². The van der Waals surface area contributed by atoms with E-state index in [1.54, 1.807) is 24.3 Å². The molecule has 0 saturated carbocycles. The minimum Gasteiger partial charge on any atom is -0.504 e. The topological polar surface area (TPSA) is 71.8 Å². The number of pyridine rings is 1. The Hall–Kier alpha value is -3.73. The van der Waals surface area contributed by atoms with Gasteiger partial charge in [-0.05, 0) is 72.2 Å². The Balaban J connectivity index is 1.83. The van der Waals surface area contributed by atoms with E-state index in [1.165, 1.54) is 14.2 Å². The summed E-state index contributed by atoms with van der Waals surface area (Å²) in [5.41, 5.74) is 4.53. The molecule has 148 valence electrons. The average molecular weight is 389 g/mol. The van der Waals surface area contributed by atoms with E-state index in [2.05, 4.69) is 4.98 Å². The highest BCUT2D eigenvalue weighted by Gasteiger charge is 2.02. The fourth-order valence-electron chi connectivity index (χ4n) is 2.85. The van der Waals surface area contributed by atoms with Crippen molar-refractivity contribution in [1.29, 1.82) is 0 Å². The quantitative estimate of drug-likeness (QED) is 0.609. The molecule has 29 heavy (non-hydrogen) atoms. The predicted octanol–water partition coefficient (Wildman–Crippen LogP) is 5.16. The lowest BCUT2D eigenvalue weighted by Crippen LogP contribution is -1.88. The van der Waals surface area contributed by atoms with Crippen molar-refractivity contribution in [3.8, 4) is 23.0 Å². The van der Waals surface area contributed by atoms with Gasteiger partial charge in [-0.3, -0.25) is 0 Å². The van der Waals surface area contributed by atoms with Crippen LogP contribution < -0.4 is 9.47 Å². The smallest absolute Gasteiger partial charge is 0.161 e. The molecule has 5 heteroatoms. The lowest BCUT2D eigenvalue weighted by atomic mass is 10.1. The molecule has 1 aromatic heterocycles. The molecule has 0 aliphatic rings. The van der Waals surface area contributed by atoms with E-state index in [-0.39, 0.29) is 11.5 Å². The normalized spacial score (nSPS) is 11.3. The van der Waals surface area contributed by atoms with E-state index in [1.807, 2.05) is 55.5 Å². The van der Waals surface area contributed by atoms with Crippen LogP contribution >= 0.6 is 0 Å². The van der Waals surface area contributed by atoms with Gasteiger partial charge in [0.15, 0.2) is 23.0 Å². The van der Waals surface area contributed by atoms with Gasteiger partial charge in [-0.15, -0.1) is 0 Å². The van der Waals surface area contributed by atoms with Crippen LogP contribution in [0.5, 0.6) is 23.0 Å². The second kappa shape index (κ2) is 8.97. The maximum Gasteiger partial charge on any atom is 0.161 e. The Labute approximate surface area is 170 Å². The molecule has 3 rings (SSSR count). The summed E-state index contributed by atoms with van der Waals surface area (Å²) < 4.78 is 10.3. The fraction of sp³-hybridized carbons (Fsp3) is 0.125. The first-order valence-corrected chi connectivity index (χ1v) is 9.07. The molecule has 0 spiro atoms. The molecule has 1 heterocycles. The molecule has 0 radical (unpaired) electrons. The lowest BCUT2D eigenvalue weighted by molar-refractivity contribution is 0.373. The number of aromatic hydroxyl groups is 2. The number of benzene rings is 2. The number of hydrogen-bond donors (Lipinski definition) is 2. The molecule has 2 N–H and O–H groups in total. The summed E-state index contributed by atoms with van der Waals surface area (Å²) in [5.74, 6) is 1.07. The summed E-state index contributed by atoms with van der Waals surface area (Å²) in [7, 11) is 3.04. The highest BCUT2D eigenvalue weighted by Crippen LogP contribution is 2.28. The van der Waals surface area contributed by atoms with Crippen LogP contribution in [0.2, 0.25) is 0 Å². The molecular weight excluding hydrogens is 366 g/mol. The summed E-state index contributed by atoms with van der Waals surface area (Å²) in [4.78, 5) is 4.65. The van der Waals surface area contributed by atoms with Gasteiger partial charge in [0.1, 0.15) is 0 Å². The second-order valence-electron chi connectivity index (χ2n) is 6.52. The van der Waals surface area contributed by atoms with Gasteiger partial charge < -0.3 is 19.7 Å². The zero-order valence-corrected chi connectivity index (χ0v) is 16.6. The van der Waals surface area contributed by atoms with Crippen molar-refractivity contribution in [3.05, 3.63) is 76.6 Å². The van der Waals surface area contributed by atoms with Crippen LogP contribution in [0.25, 0.3) is 24.3 Å². The van der Waals surface area contributed by atoms with Gasteiger partial charge in [0.2, 0.25) is 0 Å². The summed E-state index contributed by atoms with van der Waals surface area (Å²) in [6.07, 6.45) is 7.67. The van der Waals surface area contributed by atoms with E-state index in [0.717, 1.165) is 28.1 Å². The van der Waals surface area contributed by atoms with Crippen LogP contribution in [0, 0.1) is 6.92 Å². The summed E-state index contributed by atoms with van der Waals surface area (Å²) in [6.45, 7) is 2.02. The number of hydrogen-bond acceptors (Lipinski definition) is 5. The first kappa shape index (κ1) is 20.0. The van der Waals surface area contributed by atoms with Gasteiger partial charge in [-0.25, -0.2) is 4.98 Å². The zero-order chi connectivity index (χ0) is 20.8. The SMILES string of the molecule is COc1cc(/C=C/c2cc(C)cc(/C=C/c3ccc(O)c(OC)c3)n2)ccc1O. The van der Waals surface area contributed by atoms with Gasteiger partial charge in [0.05, 0.1) is 25.6 Å². The van der Waals surface area contributed by atoms with Gasteiger partial charge >= 0.3 is 0 Å². The molecule has 0 fully saturated rings. The number of phenols is 2. The zero-order valence-electron chi connectivity index (χ0n) is 16.6. The number of aryl methyl sites for hydroxylation is 1. The number of methoxy groups -OCH3 is 2. The Morgan fingerprint density at radius 1 is 0.690 bits per heavy atom. The largest absolute Gasteiger partial charge is 0.504 e. The molecule has 0 amide bonds. The number of nitrogens with zero attached hydrogens (tertiary/aromatic N) is 1. The highest BCUT2D eigenvalue weighted by molar-refractivity contribution is 5.73. The molecule has 0 aliphatic carbocycles. The van der Waals surface area contributed by atoms with Crippen molar-refractivity contribution in [2.24, 2.45) is 0 Å². The van der Waals surface area contributed by atoms with Crippen molar-refractivity contribution >= 4 is 24.3 Å². The van der Waals surface area contributed by atoms with Crippen LogP contribution in [0.3, 0.4) is 0 Å². The van der Waals surface area contributed by atoms with Crippen LogP contribution in [-0.2, 0) is 0 Å². The van der Waals surface area contributed by atoms with E-state index in [9.17, 15) is 10.2 Å². The number of ether oxygens (including phenoxy) is 2. The molecule has 0 bridgehead atoms. The second-order valence-corrected chi connectivity index (χ2v) is 6.52. The number of phenolic OH excluding ortho intramolecular Hbond substituents is 2. The lowest BCUT2D eigenvalue weighted by Gasteiger charge is -2.05. The van der Waals surface area contributed by atoms with Crippen molar-refractivity contribution in [1.82, 2.24) is 4.98 Å². The third-order valence-corrected chi connectivity index (χ3v) is 4.31. The fourth-order valence-corrected chi connectivity index (χ4v) is 2.85. The van der Waals surface area contributed by atoms with E-state index in [4.69, 9.17) is 9.47 Å². The molecule has 2 aromatic carbocycles. The number of aromatic nitrogens is 1. The van der Waals surface area contributed by atoms with Crippen LogP contribution in [0.4, 0.5) is 0 Å². The maximum atomic E-state index is 9.70. The highest BCUT2D eigenvalue weighted by atomic mass is 16.5. The summed E-state index contributed by atoms with van der Waals surface area (Å²) in [6, 6.07) is 14.3. The third kappa shape index (κ3) is 5.17. The molecule has 5 nitrogen and oxygen atoms in total. The molecule has 0 atom stereocenters. The maximum absolute atomic E-state index is 9.70. The monoisotopic (exact) mass is 389 g/mol. The van der Waals surface area contributed by atoms with E-state index < -0.39 is 0 Å². The number of rotatable bonds is 6. The summed E-state index contributed by atoms with van der Waals surface area (Å²) in [5, 5.41) is 19.4. The van der Waals surface area contributed by atoms with Crippen molar-refractivity contribution < 1.29 is 19.7 Å². The van der Waals surface area contributed by atoms with Gasteiger partial charge in [0, 0.05) is 0 Å². The molecule has 0 aliphatic heterocycles. The Morgan fingerprint density at radius 3 is 1.55 bits per heavy atom. The molecule has 0 unspecified atom stereocenters. The Kier molecular flexibility index (Phi) is 6.19. The molecule has 3 aromatic rings. The van der Waals surface area contributed by atoms with Gasteiger partial charge in [0.25, 0.3) is 0 Å².